The lowest BCUT2D eigenvalue weighted by molar-refractivity contribution is -0.141. The van der Waals surface area contributed by atoms with Gasteiger partial charge in [-0.2, -0.15) is 0 Å². The lowest BCUT2D eigenvalue weighted by atomic mass is 10.0. The fraction of sp³-hybridized carbons (Fsp3) is 0.333. The van der Waals surface area contributed by atoms with Crippen LogP contribution in [0.3, 0.4) is 0 Å². The molecule has 0 spiro atoms. The molecule has 0 fully saturated rings. The summed E-state index contributed by atoms with van der Waals surface area (Å²) in [5.41, 5.74) is 1.53. The van der Waals surface area contributed by atoms with Crippen LogP contribution in [0.15, 0.2) is 54.6 Å². The highest BCUT2D eigenvalue weighted by atomic mass is 19.1. The molecule has 2 amide bonds. The van der Waals surface area contributed by atoms with Gasteiger partial charge in [-0.3, -0.25) is 9.59 Å². The molecule has 0 saturated carbocycles. The normalized spacial score (nSPS) is 11.7. The minimum atomic E-state index is -0.722. The van der Waals surface area contributed by atoms with Crippen molar-refractivity contribution in [3.05, 3.63) is 71.5 Å². The summed E-state index contributed by atoms with van der Waals surface area (Å²) >= 11 is 0. The summed E-state index contributed by atoms with van der Waals surface area (Å²) in [7, 11) is 0. The summed E-state index contributed by atoms with van der Waals surface area (Å²) in [4.78, 5) is 27.2. The van der Waals surface area contributed by atoms with Crippen LogP contribution >= 0.6 is 0 Å². The molecule has 0 saturated heterocycles. The summed E-state index contributed by atoms with van der Waals surface area (Å²) in [6.07, 6.45) is 1.04. The molecule has 0 heterocycles. The van der Waals surface area contributed by atoms with E-state index in [0.29, 0.717) is 19.4 Å². The van der Waals surface area contributed by atoms with Gasteiger partial charge in [0.15, 0.2) is 0 Å². The number of amides is 2. The van der Waals surface area contributed by atoms with E-state index in [1.807, 2.05) is 44.2 Å². The second-order valence-electron chi connectivity index (χ2n) is 6.11. The highest BCUT2D eigenvalue weighted by Gasteiger charge is 2.30. The molecule has 1 N–H and O–H groups in total. The first kappa shape index (κ1) is 19.6. The molecule has 26 heavy (non-hydrogen) atoms. The van der Waals surface area contributed by atoms with Gasteiger partial charge in [0.05, 0.1) is 0 Å². The molecule has 138 valence electrons. The van der Waals surface area contributed by atoms with E-state index < -0.39 is 6.04 Å². The number of hydrogen-bond donors (Lipinski definition) is 1. The number of nitrogens with zero attached hydrogens (tertiary/aromatic N) is 1. The number of likely N-dealkylation sites (N-methyl/N-ethyl adjacent to an activating group) is 1. The molecule has 0 aliphatic carbocycles. The maximum absolute atomic E-state index is 13.2. The van der Waals surface area contributed by atoms with Crippen molar-refractivity contribution in [3.63, 3.8) is 0 Å². The van der Waals surface area contributed by atoms with Gasteiger partial charge in [0.2, 0.25) is 11.8 Å². The second-order valence-corrected chi connectivity index (χ2v) is 6.11. The van der Waals surface area contributed by atoms with Crippen molar-refractivity contribution in [3.8, 4) is 0 Å². The monoisotopic (exact) mass is 356 g/mol. The number of rotatable bonds is 8. The number of carbonyl (C=O) groups is 2. The smallest absolute Gasteiger partial charge is 0.247 e. The van der Waals surface area contributed by atoms with Crippen LogP contribution in [0.2, 0.25) is 0 Å². The Balaban J connectivity index is 2.41. The number of nitrogens with one attached hydrogen (secondary N) is 1. The van der Waals surface area contributed by atoms with E-state index in [2.05, 4.69) is 5.32 Å². The number of halogens is 1. The van der Waals surface area contributed by atoms with Gasteiger partial charge in [0.1, 0.15) is 11.9 Å². The zero-order chi connectivity index (χ0) is 18.9. The third kappa shape index (κ3) is 5.15. The van der Waals surface area contributed by atoms with Crippen molar-refractivity contribution in [1.82, 2.24) is 10.2 Å². The Hall–Kier alpha value is -2.69. The molecule has 0 aromatic heterocycles. The van der Waals surface area contributed by atoms with Gasteiger partial charge in [-0.05, 0) is 36.6 Å². The summed E-state index contributed by atoms with van der Waals surface area (Å²) in [5.74, 6) is -0.647. The first-order chi connectivity index (χ1) is 12.6. The lowest BCUT2D eigenvalue weighted by Gasteiger charge is -2.31. The largest absolute Gasteiger partial charge is 0.354 e. The van der Waals surface area contributed by atoms with Crippen molar-refractivity contribution < 1.29 is 14.0 Å². The van der Waals surface area contributed by atoms with Crippen LogP contribution in [0.4, 0.5) is 4.39 Å². The summed E-state index contributed by atoms with van der Waals surface area (Å²) in [6, 6.07) is 14.5. The fourth-order valence-electron chi connectivity index (χ4n) is 2.85. The molecule has 4 nitrogen and oxygen atoms in total. The van der Waals surface area contributed by atoms with Crippen molar-refractivity contribution in [2.45, 2.75) is 39.3 Å². The zero-order valence-electron chi connectivity index (χ0n) is 15.2. The van der Waals surface area contributed by atoms with Gasteiger partial charge in [0.25, 0.3) is 0 Å². The molecular weight excluding hydrogens is 331 g/mol. The topological polar surface area (TPSA) is 49.4 Å². The molecule has 0 unspecified atom stereocenters. The quantitative estimate of drug-likeness (QED) is 0.781. The standard InChI is InChI=1S/C21H25FN2O2/c1-3-8-19(25)24(15-16-11-13-18(22)14-12-16)20(21(26)23-4-2)17-9-6-5-7-10-17/h5-7,9-14,20H,3-4,8,15H2,1-2H3,(H,23,26)/t20-/m1/s1. The maximum atomic E-state index is 13.2. The minimum Gasteiger partial charge on any atom is -0.354 e. The number of hydrogen-bond acceptors (Lipinski definition) is 2. The predicted octanol–water partition coefficient (Wildman–Crippen LogP) is 3.83. The molecule has 0 radical (unpaired) electrons. The Bertz CT molecular complexity index is 717. The van der Waals surface area contributed by atoms with Crippen LogP contribution in [0.1, 0.15) is 43.9 Å². The Morgan fingerprint density at radius 3 is 2.27 bits per heavy atom. The third-order valence-corrected chi connectivity index (χ3v) is 4.08. The van der Waals surface area contributed by atoms with E-state index in [9.17, 15) is 14.0 Å². The molecule has 0 bridgehead atoms. The van der Waals surface area contributed by atoms with E-state index in [1.165, 1.54) is 12.1 Å². The Labute approximate surface area is 154 Å². The Morgan fingerprint density at radius 1 is 1.04 bits per heavy atom. The van der Waals surface area contributed by atoms with Crippen LogP contribution in [-0.4, -0.2) is 23.3 Å². The molecule has 0 aliphatic rings. The van der Waals surface area contributed by atoms with Crippen molar-refractivity contribution >= 4 is 11.8 Å². The summed E-state index contributed by atoms with van der Waals surface area (Å²) in [5, 5.41) is 2.82. The van der Waals surface area contributed by atoms with Crippen LogP contribution < -0.4 is 5.32 Å². The molecule has 5 heteroatoms. The Kier molecular flexibility index (Phi) is 7.33. The molecule has 1 atom stereocenters. The number of carbonyl (C=O) groups excluding carboxylic acids is 2. The van der Waals surface area contributed by atoms with E-state index in [-0.39, 0.29) is 24.2 Å². The van der Waals surface area contributed by atoms with Gasteiger partial charge < -0.3 is 10.2 Å². The summed E-state index contributed by atoms with van der Waals surface area (Å²) in [6.45, 7) is 4.50. The highest BCUT2D eigenvalue weighted by molar-refractivity contribution is 5.88. The first-order valence-electron chi connectivity index (χ1n) is 8.93. The molecule has 0 aliphatic heterocycles. The Morgan fingerprint density at radius 2 is 1.69 bits per heavy atom. The van der Waals surface area contributed by atoms with E-state index >= 15 is 0 Å². The van der Waals surface area contributed by atoms with Gasteiger partial charge in [0, 0.05) is 19.5 Å². The van der Waals surface area contributed by atoms with E-state index in [1.54, 1.807) is 17.0 Å². The van der Waals surface area contributed by atoms with Gasteiger partial charge >= 0.3 is 0 Å². The van der Waals surface area contributed by atoms with Crippen molar-refractivity contribution in [2.24, 2.45) is 0 Å². The lowest BCUT2D eigenvalue weighted by Crippen LogP contribution is -2.43. The van der Waals surface area contributed by atoms with Crippen LogP contribution in [0.25, 0.3) is 0 Å². The number of benzene rings is 2. The van der Waals surface area contributed by atoms with E-state index in [0.717, 1.165) is 11.1 Å². The average Bonchev–Trinajstić information content (AvgIpc) is 2.64. The van der Waals surface area contributed by atoms with Crippen molar-refractivity contribution in [1.29, 1.82) is 0 Å². The third-order valence-electron chi connectivity index (χ3n) is 4.08. The molecule has 2 rings (SSSR count). The highest BCUT2D eigenvalue weighted by Crippen LogP contribution is 2.25. The zero-order valence-corrected chi connectivity index (χ0v) is 15.2. The van der Waals surface area contributed by atoms with Crippen LogP contribution in [0, 0.1) is 5.82 Å². The van der Waals surface area contributed by atoms with Gasteiger partial charge in [-0.15, -0.1) is 0 Å². The predicted molar refractivity (Wildman–Crippen MR) is 99.7 cm³/mol. The van der Waals surface area contributed by atoms with Crippen molar-refractivity contribution in [2.75, 3.05) is 6.54 Å². The van der Waals surface area contributed by atoms with Gasteiger partial charge in [-0.1, -0.05) is 49.4 Å². The molecule has 2 aromatic carbocycles. The molecular formula is C21H25FN2O2. The fourth-order valence-corrected chi connectivity index (χ4v) is 2.85. The second kappa shape index (κ2) is 9.70. The van der Waals surface area contributed by atoms with Crippen LogP contribution in [0.5, 0.6) is 0 Å². The maximum Gasteiger partial charge on any atom is 0.247 e. The average molecular weight is 356 g/mol. The van der Waals surface area contributed by atoms with Gasteiger partial charge in [-0.25, -0.2) is 4.39 Å². The SMILES string of the molecule is CCCC(=O)N(Cc1ccc(F)cc1)[C@@H](C(=O)NCC)c1ccccc1. The summed E-state index contributed by atoms with van der Waals surface area (Å²) < 4.78 is 13.2. The van der Waals surface area contributed by atoms with Crippen LogP contribution in [-0.2, 0) is 16.1 Å². The molecule has 2 aromatic rings. The minimum absolute atomic E-state index is 0.100. The first-order valence-corrected chi connectivity index (χ1v) is 8.93. The van der Waals surface area contributed by atoms with E-state index in [4.69, 9.17) is 0 Å².